The maximum absolute atomic E-state index is 6.11. The van der Waals surface area contributed by atoms with E-state index in [2.05, 4.69) is 18.0 Å². The van der Waals surface area contributed by atoms with Crippen LogP contribution in [0.4, 0.5) is 5.69 Å². The molecular formula is C24H23NO2. The first-order valence-electron chi connectivity index (χ1n) is 9.04. The number of hydrogen-bond donors (Lipinski definition) is 0. The second-order valence-corrected chi connectivity index (χ2v) is 6.09. The lowest BCUT2D eigenvalue weighted by Gasteiger charge is -2.11. The van der Waals surface area contributed by atoms with E-state index >= 15 is 0 Å². The van der Waals surface area contributed by atoms with Crippen LogP contribution >= 0.6 is 0 Å². The minimum absolute atomic E-state index is 0.505. The van der Waals surface area contributed by atoms with Gasteiger partial charge in [0.15, 0.2) is 0 Å². The average Bonchev–Trinajstić information content (AvgIpc) is 2.73. The summed E-state index contributed by atoms with van der Waals surface area (Å²) < 4.78 is 11.9. The van der Waals surface area contributed by atoms with Crippen LogP contribution in [0.5, 0.6) is 11.5 Å². The molecule has 3 heteroatoms. The molecule has 0 saturated heterocycles. The predicted molar refractivity (Wildman–Crippen MR) is 111 cm³/mol. The zero-order chi connectivity index (χ0) is 18.9. The normalized spacial score (nSPS) is 11.9. The minimum atomic E-state index is 0.505. The van der Waals surface area contributed by atoms with E-state index in [0.717, 1.165) is 29.2 Å². The van der Waals surface area contributed by atoms with Crippen molar-refractivity contribution >= 4 is 11.6 Å². The molecule has 136 valence electrons. The quantitative estimate of drug-likeness (QED) is 0.293. The summed E-state index contributed by atoms with van der Waals surface area (Å²) in [7, 11) is 0. The van der Waals surface area contributed by atoms with Crippen LogP contribution in [0.15, 0.2) is 102 Å². The Hall–Kier alpha value is -3.33. The number of para-hydroxylation sites is 2. The van der Waals surface area contributed by atoms with Gasteiger partial charge in [0.25, 0.3) is 0 Å². The molecule has 0 spiro atoms. The summed E-state index contributed by atoms with van der Waals surface area (Å²) >= 11 is 0. The molecule has 0 aromatic heterocycles. The van der Waals surface area contributed by atoms with E-state index in [1.807, 2.05) is 85.8 Å². The second-order valence-electron chi connectivity index (χ2n) is 6.09. The highest BCUT2D eigenvalue weighted by molar-refractivity contribution is 5.96. The standard InChI is InChI=1S/C24H23NO2/c1-3-20-11-10-16-23(17-20)27-24(25-21-12-6-4-7-13-21)19(2)18-26-22-14-8-5-9-15-22/h4-18H,3H2,1-2H3/b19-18+,25-24+. The molecule has 3 aromatic carbocycles. The summed E-state index contributed by atoms with van der Waals surface area (Å²) in [6.07, 6.45) is 2.62. The van der Waals surface area contributed by atoms with E-state index in [1.165, 1.54) is 5.56 Å². The van der Waals surface area contributed by atoms with Gasteiger partial charge in [-0.25, -0.2) is 4.99 Å². The van der Waals surface area contributed by atoms with Crippen LogP contribution in [0.3, 0.4) is 0 Å². The van der Waals surface area contributed by atoms with Crippen molar-refractivity contribution in [3.05, 3.63) is 102 Å². The molecule has 0 N–H and O–H groups in total. The molecule has 0 saturated carbocycles. The molecule has 0 unspecified atom stereocenters. The lowest BCUT2D eigenvalue weighted by Crippen LogP contribution is -2.11. The van der Waals surface area contributed by atoms with Gasteiger partial charge in [-0.3, -0.25) is 0 Å². The van der Waals surface area contributed by atoms with Gasteiger partial charge >= 0.3 is 0 Å². The summed E-state index contributed by atoms with van der Waals surface area (Å²) in [6, 6.07) is 27.4. The molecule has 0 aliphatic heterocycles. The number of hydrogen-bond acceptors (Lipinski definition) is 3. The van der Waals surface area contributed by atoms with E-state index in [0.29, 0.717) is 5.90 Å². The van der Waals surface area contributed by atoms with Crippen LogP contribution in [0.25, 0.3) is 0 Å². The molecule has 0 atom stereocenters. The molecule has 3 aromatic rings. The third-order valence-corrected chi connectivity index (χ3v) is 3.96. The largest absolute Gasteiger partial charge is 0.465 e. The van der Waals surface area contributed by atoms with E-state index in [1.54, 1.807) is 6.26 Å². The SMILES string of the molecule is CCc1cccc(OC(=N/c2ccccc2)/C(C)=C/Oc2ccccc2)c1. The number of aliphatic imine (C=N–C) groups is 1. The molecule has 0 aliphatic carbocycles. The van der Waals surface area contributed by atoms with Crippen LogP contribution in [0.1, 0.15) is 19.4 Å². The number of benzene rings is 3. The Morgan fingerprint density at radius 3 is 2.22 bits per heavy atom. The van der Waals surface area contributed by atoms with E-state index in [-0.39, 0.29) is 0 Å². The van der Waals surface area contributed by atoms with Crippen molar-refractivity contribution in [1.82, 2.24) is 0 Å². The molecule has 0 fully saturated rings. The third kappa shape index (κ3) is 5.58. The highest BCUT2D eigenvalue weighted by Crippen LogP contribution is 2.19. The van der Waals surface area contributed by atoms with Crippen molar-refractivity contribution in [2.45, 2.75) is 20.3 Å². The lowest BCUT2D eigenvalue weighted by atomic mass is 10.2. The van der Waals surface area contributed by atoms with Crippen molar-refractivity contribution in [1.29, 1.82) is 0 Å². The fraction of sp³-hybridized carbons (Fsp3) is 0.125. The maximum Gasteiger partial charge on any atom is 0.225 e. The Kier molecular flexibility index (Phi) is 6.42. The highest BCUT2D eigenvalue weighted by atomic mass is 16.5. The van der Waals surface area contributed by atoms with Gasteiger partial charge in [0.2, 0.25) is 5.90 Å². The first-order valence-corrected chi connectivity index (χ1v) is 9.04. The van der Waals surface area contributed by atoms with Crippen LogP contribution in [-0.4, -0.2) is 5.90 Å². The number of ether oxygens (including phenoxy) is 2. The van der Waals surface area contributed by atoms with Crippen molar-refractivity contribution < 1.29 is 9.47 Å². The van der Waals surface area contributed by atoms with Gasteiger partial charge in [-0.15, -0.1) is 0 Å². The van der Waals surface area contributed by atoms with Gasteiger partial charge in [-0.1, -0.05) is 55.5 Å². The molecule has 0 heterocycles. The van der Waals surface area contributed by atoms with Crippen molar-refractivity contribution in [2.24, 2.45) is 4.99 Å². The van der Waals surface area contributed by atoms with Gasteiger partial charge in [-0.05, 0) is 55.3 Å². The van der Waals surface area contributed by atoms with E-state index in [9.17, 15) is 0 Å². The fourth-order valence-corrected chi connectivity index (χ4v) is 2.46. The summed E-state index contributed by atoms with van der Waals surface area (Å²) in [5.41, 5.74) is 2.84. The van der Waals surface area contributed by atoms with Gasteiger partial charge in [0, 0.05) is 5.57 Å². The fourth-order valence-electron chi connectivity index (χ4n) is 2.46. The van der Waals surface area contributed by atoms with E-state index in [4.69, 9.17) is 9.47 Å². The van der Waals surface area contributed by atoms with E-state index < -0.39 is 0 Å². The zero-order valence-corrected chi connectivity index (χ0v) is 15.6. The summed E-state index contributed by atoms with van der Waals surface area (Å²) in [4.78, 5) is 4.67. The smallest absolute Gasteiger partial charge is 0.225 e. The molecular weight excluding hydrogens is 334 g/mol. The Labute approximate surface area is 160 Å². The van der Waals surface area contributed by atoms with Gasteiger partial charge in [-0.2, -0.15) is 0 Å². The number of rotatable bonds is 6. The number of nitrogens with zero attached hydrogens (tertiary/aromatic N) is 1. The van der Waals surface area contributed by atoms with Crippen molar-refractivity contribution in [3.8, 4) is 11.5 Å². The Balaban J connectivity index is 1.88. The molecule has 0 radical (unpaired) electrons. The van der Waals surface area contributed by atoms with Crippen molar-refractivity contribution in [2.75, 3.05) is 0 Å². The molecule has 0 aliphatic rings. The second kappa shape index (κ2) is 9.39. The molecule has 3 rings (SSSR count). The van der Waals surface area contributed by atoms with Crippen LogP contribution in [0.2, 0.25) is 0 Å². The summed E-state index contributed by atoms with van der Waals surface area (Å²) in [5.74, 6) is 2.03. The Morgan fingerprint density at radius 1 is 0.852 bits per heavy atom. The first-order chi connectivity index (χ1) is 13.2. The average molecular weight is 357 g/mol. The third-order valence-electron chi connectivity index (χ3n) is 3.96. The van der Waals surface area contributed by atoms with Gasteiger partial charge in [0.1, 0.15) is 11.5 Å². The van der Waals surface area contributed by atoms with Gasteiger partial charge in [0.05, 0.1) is 11.9 Å². The topological polar surface area (TPSA) is 30.8 Å². The maximum atomic E-state index is 6.11. The predicted octanol–water partition coefficient (Wildman–Crippen LogP) is 6.34. The highest BCUT2D eigenvalue weighted by Gasteiger charge is 2.08. The number of aryl methyl sites for hydroxylation is 1. The van der Waals surface area contributed by atoms with Crippen LogP contribution in [-0.2, 0) is 6.42 Å². The van der Waals surface area contributed by atoms with Gasteiger partial charge < -0.3 is 9.47 Å². The lowest BCUT2D eigenvalue weighted by molar-refractivity contribution is 0.473. The molecule has 27 heavy (non-hydrogen) atoms. The Morgan fingerprint density at radius 2 is 1.52 bits per heavy atom. The first kappa shape index (κ1) is 18.5. The van der Waals surface area contributed by atoms with Crippen LogP contribution in [0, 0.1) is 0 Å². The zero-order valence-electron chi connectivity index (χ0n) is 15.6. The van der Waals surface area contributed by atoms with Crippen LogP contribution < -0.4 is 9.47 Å². The monoisotopic (exact) mass is 357 g/mol. The summed E-state index contributed by atoms with van der Waals surface area (Å²) in [6.45, 7) is 4.05. The molecule has 3 nitrogen and oxygen atoms in total. The Bertz CT molecular complexity index is 915. The molecule has 0 amide bonds. The minimum Gasteiger partial charge on any atom is -0.465 e. The van der Waals surface area contributed by atoms with Crippen molar-refractivity contribution in [3.63, 3.8) is 0 Å². The summed E-state index contributed by atoms with van der Waals surface area (Å²) in [5, 5.41) is 0. The molecule has 0 bridgehead atoms.